The van der Waals surface area contributed by atoms with E-state index in [1.807, 2.05) is 6.07 Å². The number of amides is 2. The van der Waals surface area contributed by atoms with Gasteiger partial charge in [-0.25, -0.2) is 4.79 Å². The van der Waals surface area contributed by atoms with E-state index in [1.165, 1.54) is 0 Å². The molecule has 0 heterocycles. The minimum absolute atomic E-state index is 0.159. The Bertz CT molecular complexity index is 351. The number of hydrogen-bond acceptors (Lipinski definition) is 3. The largest absolute Gasteiger partial charge is 0.548 e. The van der Waals surface area contributed by atoms with Gasteiger partial charge in [-0.05, 0) is 12.0 Å². The first-order chi connectivity index (χ1) is 7.09. The predicted octanol–water partition coefficient (Wildman–Crippen LogP) is -0.984. The van der Waals surface area contributed by atoms with Crippen molar-refractivity contribution < 1.29 is 14.7 Å². The van der Waals surface area contributed by atoms with Crippen molar-refractivity contribution in [1.82, 2.24) is 5.32 Å². The summed E-state index contributed by atoms with van der Waals surface area (Å²) in [6, 6.07) is 6.94. The number of aliphatic carboxylic acids is 1. The van der Waals surface area contributed by atoms with Crippen molar-refractivity contribution in [3.8, 4) is 0 Å². The third-order valence-electron chi connectivity index (χ3n) is 1.88. The van der Waals surface area contributed by atoms with Crippen molar-refractivity contribution in [2.24, 2.45) is 5.73 Å². The molecule has 0 aromatic heterocycles. The fourth-order valence-corrected chi connectivity index (χ4v) is 1.21. The molecule has 1 rings (SSSR count). The Kier molecular flexibility index (Phi) is 3.68. The van der Waals surface area contributed by atoms with Crippen molar-refractivity contribution in [2.45, 2.75) is 12.5 Å². The predicted molar refractivity (Wildman–Crippen MR) is 51.7 cm³/mol. The Morgan fingerprint density at radius 1 is 1.33 bits per heavy atom. The molecule has 0 aliphatic rings. The zero-order chi connectivity index (χ0) is 11.3. The first-order valence-corrected chi connectivity index (χ1v) is 4.40. The summed E-state index contributed by atoms with van der Waals surface area (Å²) in [5, 5.41) is 12.8. The molecule has 5 heteroatoms. The molecule has 0 aliphatic carbocycles. The fourth-order valence-electron chi connectivity index (χ4n) is 1.21. The summed E-state index contributed by atoms with van der Waals surface area (Å²) in [4.78, 5) is 21.2. The van der Waals surface area contributed by atoms with Crippen LogP contribution in [0.3, 0.4) is 0 Å². The van der Waals surface area contributed by atoms with E-state index in [-0.39, 0.29) is 6.42 Å². The van der Waals surface area contributed by atoms with Gasteiger partial charge in [-0.1, -0.05) is 30.3 Å². The summed E-state index contributed by atoms with van der Waals surface area (Å²) in [6.45, 7) is 0. The van der Waals surface area contributed by atoms with E-state index < -0.39 is 18.0 Å². The van der Waals surface area contributed by atoms with Gasteiger partial charge < -0.3 is 21.0 Å². The first kappa shape index (κ1) is 11.0. The Morgan fingerprint density at radius 3 is 2.40 bits per heavy atom. The van der Waals surface area contributed by atoms with Crippen LogP contribution in [0, 0.1) is 0 Å². The van der Waals surface area contributed by atoms with Gasteiger partial charge in [0.25, 0.3) is 0 Å². The van der Waals surface area contributed by atoms with E-state index in [1.54, 1.807) is 24.3 Å². The second-order valence-corrected chi connectivity index (χ2v) is 3.07. The molecule has 1 aromatic rings. The second kappa shape index (κ2) is 4.99. The van der Waals surface area contributed by atoms with Crippen molar-refractivity contribution >= 4 is 12.0 Å². The monoisotopic (exact) mass is 207 g/mol. The highest BCUT2D eigenvalue weighted by molar-refractivity contribution is 5.80. The molecule has 15 heavy (non-hydrogen) atoms. The average Bonchev–Trinajstić information content (AvgIpc) is 2.17. The van der Waals surface area contributed by atoms with Gasteiger partial charge in [0, 0.05) is 0 Å². The molecule has 1 atom stereocenters. The summed E-state index contributed by atoms with van der Waals surface area (Å²) in [7, 11) is 0. The maximum absolute atomic E-state index is 10.7. The topological polar surface area (TPSA) is 95.2 Å². The van der Waals surface area contributed by atoms with E-state index in [2.05, 4.69) is 5.32 Å². The number of carbonyl (C=O) groups excluding carboxylic acids is 2. The summed E-state index contributed by atoms with van der Waals surface area (Å²) in [5.74, 6) is -1.35. The molecule has 0 radical (unpaired) electrons. The van der Waals surface area contributed by atoms with E-state index in [0.29, 0.717) is 0 Å². The maximum Gasteiger partial charge on any atom is 0.312 e. The van der Waals surface area contributed by atoms with Crippen molar-refractivity contribution in [2.75, 3.05) is 0 Å². The van der Waals surface area contributed by atoms with E-state index >= 15 is 0 Å². The minimum Gasteiger partial charge on any atom is -0.548 e. The third kappa shape index (κ3) is 3.68. The van der Waals surface area contributed by atoms with Gasteiger partial charge >= 0.3 is 6.03 Å². The van der Waals surface area contributed by atoms with Crippen molar-refractivity contribution in [3.05, 3.63) is 35.9 Å². The number of primary amides is 1. The number of urea groups is 1. The van der Waals surface area contributed by atoms with E-state index in [9.17, 15) is 14.7 Å². The third-order valence-corrected chi connectivity index (χ3v) is 1.88. The summed E-state index contributed by atoms with van der Waals surface area (Å²) < 4.78 is 0. The highest BCUT2D eigenvalue weighted by atomic mass is 16.4. The molecule has 2 amide bonds. The summed E-state index contributed by atoms with van der Waals surface area (Å²) in [6.07, 6.45) is 0.159. The highest BCUT2D eigenvalue weighted by Gasteiger charge is 2.11. The number of carbonyl (C=O) groups is 2. The normalized spacial score (nSPS) is 11.7. The van der Waals surface area contributed by atoms with Crippen LogP contribution in [0.25, 0.3) is 0 Å². The van der Waals surface area contributed by atoms with E-state index in [4.69, 9.17) is 5.73 Å². The van der Waals surface area contributed by atoms with Gasteiger partial charge in [0.15, 0.2) is 0 Å². The molecule has 0 spiro atoms. The maximum atomic E-state index is 10.7. The van der Waals surface area contributed by atoms with Crippen LogP contribution in [0.15, 0.2) is 30.3 Å². The number of rotatable bonds is 4. The Hall–Kier alpha value is -2.04. The molecule has 0 unspecified atom stereocenters. The number of nitrogens with one attached hydrogen (secondary N) is 1. The molecule has 0 fully saturated rings. The Balaban J connectivity index is 2.67. The van der Waals surface area contributed by atoms with Crippen LogP contribution in [-0.2, 0) is 11.2 Å². The van der Waals surface area contributed by atoms with Crippen LogP contribution >= 0.6 is 0 Å². The molecular weight excluding hydrogens is 196 g/mol. The second-order valence-electron chi connectivity index (χ2n) is 3.07. The Morgan fingerprint density at radius 2 is 1.93 bits per heavy atom. The van der Waals surface area contributed by atoms with E-state index in [0.717, 1.165) is 5.56 Å². The molecule has 3 N–H and O–H groups in total. The lowest BCUT2D eigenvalue weighted by Crippen LogP contribution is -2.50. The zero-order valence-electron chi connectivity index (χ0n) is 7.97. The molecule has 1 aromatic carbocycles. The van der Waals surface area contributed by atoms with Gasteiger partial charge in [0.05, 0.1) is 12.0 Å². The lowest BCUT2D eigenvalue weighted by molar-refractivity contribution is -0.308. The molecule has 5 nitrogen and oxygen atoms in total. The number of carboxylic acids is 1. The van der Waals surface area contributed by atoms with Gasteiger partial charge in [-0.3, -0.25) is 0 Å². The first-order valence-electron chi connectivity index (χ1n) is 4.40. The van der Waals surface area contributed by atoms with Gasteiger partial charge in [0.1, 0.15) is 0 Å². The van der Waals surface area contributed by atoms with Crippen LogP contribution in [-0.4, -0.2) is 18.0 Å². The van der Waals surface area contributed by atoms with Crippen molar-refractivity contribution in [1.29, 1.82) is 0 Å². The molecule has 0 bridgehead atoms. The lowest BCUT2D eigenvalue weighted by atomic mass is 10.1. The number of carboxylic acid groups (broad SMARTS) is 1. The molecule has 0 aliphatic heterocycles. The quantitative estimate of drug-likeness (QED) is 0.664. The van der Waals surface area contributed by atoms with Crippen LogP contribution in [0.5, 0.6) is 0 Å². The number of nitrogens with two attached hydrogens (primary N) is 1. The Labute approximate surface area is 86.9 Å². The molecule has 0 saturated carbocycles. The van der Waals surface area contributed by atoms with Crippen LogP contribution in [0.4, 0.5) is 4.79 Å². The molecule has 0 saturated heterocycles. The standard InChI is InChI=1S/C10H12N2O3/c11-10(15)12-8(9(13)14)6-7-4-2-1-3-5-7/h1-5,8H,6H2,(H,13,14)(H3,11,12,15)/p-1/t8-/m1/s1. The summed E-state index contributed by atoms with van der Waals surface area (Å²) in [5.41, 5.74) is 5.64. The van der Waals surface area contributed by atoms with Crippen molar-refractivity contribution in [3.63, 3.8) is 0 Å². The van der Waals surface area contributed by atoms with Crippen LogP contribution < -0.4 is 16.2 Å². The molecular formula is C10H11N2O3-. The van der Waals surface area contributed by atoms with Crippen LogP contribution in [0.1, 0.15) is 5.56 Å². The number of benzene rings is 1. The zero-order valence-corrected chi connectivity index (χ0v) is 7.97. The minimum atomic E-state index is -1.35. The van der Waals surface area contributed by atoms with Crippen LogP contribution in [0.2, 0.25) is 0 Å². The number of hydrogen-bond donors (Lipinski definition) is 2. The van der Waals surface area contributed by atoms with Gasteiger partial charge in [-0.15, -0.1) is 0 Å². The highest BCUT2D eigenvalue weighted by Crippen LogP contribution is 2.02. The van der Waals surface area contributed by atoms with Gasteiger partial charge in [0.2, 0.25) is 0 Å². The SMILES string of the molecule is NC(=O)N[C@H](Cc1ccccc1)C(=O)[O-]. The average molecular weight is 207 g/mol. The lowest BCUT2D eigenvalue weighted by Gasteiger charge is -2.18. The summed E-state index contributed by atoms with van der Waals surface area (Å²) >= 11 is 0. The fraction of sp³-hybridized carbons (Fsp3) is 0.200. The molecule has 80 valence electrons. The smallest absolute Gasteiger partial charge is 0.312 e. The van der Waals surface area contributed by atoms with Gasteiger partial charge in [-0.2, -0.15) is 0 Å².